The van der Waals surface area contributed by atoms with Gasteiger partial charge in [-0.25, -0.2) is 4.79 Å². The highest BCUT2D eigenvalue weighted by Gasteiger charge is 2.31. The summed E-state index contributed by atoms with van der Waals surface area (Å²) in [7, 11) is 5.50. The molecule has 0 radical (unpaired) electrons. The van der Waals surface area contributed by atoms with Gasteiger partial charge in [-0.3, -0.25) is 9.59 Å². The van der Waals surface area contributed by atoms with E-state index in [-0.39, 0.29) is 42.7 Å². The van der Waals surface area contributed by atoms with Crippen LogP contribution in [-0.2, 0) is 28.6 Å². The van der Waals surface area contributed by atoms with E-state index >= 15 is 0 Å². The van der Waals surface area contributed by atoms with Crippen LogP contribution in [0.1, 0.15) is 155 Å². The van der Waals surface area contributed by atoms with Crippen LogP contribution in [0.25, 0.3) is 0 Å². The van der Waals surface area contributed by atoms with Crippen molar-refractivity contribution >= 4 is 17.9 Å². The van der Waals surface area contributed by atoms with Crippen LogP contribution in [0.15, 0.2) is 72.9 Å². The van der Waals surface area contributed by atoms with Gasteiger partial charge in [-0.1, -0.05) is 138 Å². The highest BCUT2D eigenvalue weighted by molar-refractivity contribution is 5.72. The van der Waals surface area contributed by atoms with E-state index in [1.54, 1.807) is 0 Å². The Morgan fingerprint density at radius 1 is 0.564 bits per heavy atom. The number of quaternary nitrogens is 1. The van der Waals surface area contributed by atoms with Gasteiger partial charge < -0.3 is 23.8 Å². The first kappa shape index (κ1) is 51.8. The van der Waals surface area contributed by atoms with E-state index < -0.39 is 18.1 Å². The molecule has 0 aliphatic heterocycles. The second-order valence-electron chi connectivity index (χ2n) is 15.2. The molecule has 0 fully saturated rings. The number of esters is 2. The molecular formula is C47H80NO7+. The Hall–Kier alpha value is -3.23. The predicted octanol–water partition coefficient (Wildman–Crippen LogP) is 11.6. The minimum atomic E-state index is -0.885. The van der Waals surface area contributed by atoms with Crippen LogP contribution in [0, 0.1) is 0 Å². The number of ether oxygens (including phenoxy) is 3. The molecule has 0 heterocycles. The summed E-state index contributed by atoms with van der Waals surface area (Å²) in [5.74, 6) is -1.56. The van der Waals surface area contributed by atoms with Crippen molar-refractivity contribution in [3.63, 3.8) is 0 Å². The van der Waals surface area contributed by atoms with Gasteiger partial charge in [-0.15, -0.1) is 0 Å². The van der Waals surface area contributed by atoms with Crippen molar-refractivity contribution in [1.29, 1.82) is 0 Å². The predicted molar refractivity (Wildman–Crippen MR) is 229 cm³/mol. The maximum absolute atomic E-state index is 12.7. The minimum absolute atomic E-state index is 0.0415. The summed E-state index contributed by atoms with van der Waals surface area (Å²) in [6.07, 6.45) is 46.8. The Bertz CT molecular complexity index is 1130. The molecule has 0 aromatic rings. The molecule has 314 valence electrons. The number of hydrogen-bond acceptors (Lipinski definition) is 6. The fourth-order valence-electron chi connectivity index (χ4n) is 5.78. The van der Waals surface area contributed by atoms with Gasteiger partial charge in [-0.2, -0.15) is 0 Å². The molecule has 0 aromatic carbocycles. The Labute approximate surface area is 336 Å². The van der Waals surface area contributed by atoms with E-state index in [1.807, 2.05) is 27.2 Å². The third-order valence-corrected chi connectivity index (χ3v) is 9.10. The average molecular weight is 771 g/mol. The number of likely N-dealkylation sites (N-methyl/N-ethyl adjacent to an activating group) is 1. The van der Waals surface area contributed by atoms with Crippen LogP contribution in [0.5, 0.6) is 0 Å². The SMILES string of the molecule is CC/C=C/C/C=C/C/C=C/C/C=C/C/C=C/CCCCCCCCCC(=O)OC(COCCC(C(=O)O)[N+](C)(C)C)COC(=O)CC/C=C/CCCCCC. The van der Waals surface area contributed by atoms with Gasteiger partial charge in [-0.05, 0) is 70.6 Å². The van der Waals surface area contributed by atoms with Gasteiger partial charge in [0.25, 0.3) is 0 Å². The van der Waals surface area contributed by atoms with E-state index in [4.69, 9.17) is 14.2 Å². The summed E-state index contributed by atoms with van der Waals surface area (Å²) < 4.78 is 17.1. The lowest BCUT2D eigenvalue weighted by Gasteiger charge is -2.31. The monoisotopic (exact) mass is 771 g/mol. The first-order valence-corrected chi connectivity index (χ1v) is 21.5. The van der Waals surface area contributed by atoms with Crippen molar-refractivity contribution in [1.82, 2.24) is 0 Å². The van der Waals surface area contributed by atoms with Crippen molar-refractivity contribution in [2.24, 2.45) is 0 Å². The lowest BCUT2D eigenvalue weighted by Crippen LogP contribution is -2.50. The first-order chi connectivity index (χ1) is 26.6. The second-order valence-corrected chi connectivity index (χ2v) is 15.2. The van der Waals surface area contributed by atoms with Crippen molar-refractivity contribution in [2.75, 3.05) is 41.0 Å². The molecule has 0 rings (SSSR count). The van der Waals surface area contributed by atoms with Gasteiger partial charge >= 0.3 is 17.9 Å². The number of rotatable bonds is 37. The number of carbonyl (C=O) groups excluding carboxylic acids is 2. The van der Waals surface area contributed by atoms with Gasteiger partial charge in [0.2, 0.25) is 0 Å². The Balaban J connectivity index is 4.30. The highest BCUT2D eigenvalue weighted by Crippen LogP contribution is 2.13. The molecule has 2 atom stereocenters. The normalized spacial score (nSPS) is 13.7. The molecule has 0 bridgehead atoms. The number of nitrogens with zero attached hydrogens (tertiary/aromatic N) is 1. The number of unbranched alkanes of at least 4 members (excludes halogenated alkanes) is 11. The van der Waals surface area contributed by atoms with E-state index in [2.05, 4.69) is 80.7 Å². The molecule has 0 saturated carbocycles. The van der Waals surface area contributed by atoms with Crippen LogP contribution in [0.3, 0.4) is 0 Å². The van der Waals surface area contributed by atoms with Gasteiger partial charge in [0.05, 0.1) is 34.4 Å². The molecule has 8 nitrogen and oxygen atoms in total. The molecule has 0 aromatic heterocycles. The Morgan fingerprint density at radius 2 is 1.05 bits per heavy atom. The smallest absolute Gasteiger partial charge is 0.362 e. The number of carboxylic acid groups (broad SMARTS) is 1. The Kier molecular flexibility index (Phi) is 35.5. The lowest BCUT2D eigenvalue weighted by atomic mass is 10.1. The van der Waals surface area contributed by atoms with Crippen LogP contribution >= 0.6 is 0 Å². The van der Waals surface area contributed by atoms with E-state index in [9.17, 15) is 19.5 Å². The van der Waals surface area contributed by atoms with Gasteiger partial charge in [0.15, 0.2) is 12.1 Å². The van der Waals surface area contributed by atoms with Gasteiger partial charge in [0.1, 0.15) is 6.61 Å². The molecule has 0 spiro atoms. The van der Waals surface area contributed by atoms with Gasteiger partial charge in [0, 0.05) is 19.3 Å². The quantitative estimate of drug-likeness (QED) is 0.0291. The summed E-state index contributed by atoms with van der Waals surface area (Å²) >= 11 is 0. The van der Waals surface area contributed by atoms with E-state index in [0.29, 0.717) is 19.3 Å². The molecule has 8 heteroatoms. The fourth-order valence-corrected chi connectivity index (χ4v) is 5.78. The zero-order chi connectivity index (χ0) is 40.7. The second kappa shape index (κ2) is 37.7. The van der Waals surface area contributed by atoms with E-state index in [0.717, 1.165) is 77.0 Å². The molecule has 0 amide bonds. The van der Waals surface area contributed by atoms with Crippen LogP contribution in [0.2, 0.25) is 0 Å². The molecule has 0 aliphatic carbocycles. The van der Waals surface area contributed by atoms with E-state index in [1.165, 1.54) is 38.5 Å². The summed E-state index contributed by atoms with van der Waals surface area (Å²) in [5, 5.41) is 9.59. The van der Waals surface area contributed by atoms with Crippen LogP contribution < -0.4 is 0 Å². The minimum Gasteiger partial charge on any atom is -0.477 e. The fraction of sp³-hybridized carbons (Fsp3) is 0.681. The summed E-state index contributed by atoms with van der Waals surface area (Å²) in [6, 6.07) is -0.623. The first-order valence-electron chi connectivity index (χ1n) is 21.5. The summed E-state index contributed by atoms with van der Waals surface area (Å²) in [4.78, 5) is 36.8. The lowest BCUT2D eigenvalue weighted by molar-refractivity contribution is -0.887. The number of hydrogen-bond donors (Lipinski definition) is 1. The molecule has 55 heavy (non-hydrogen) atoms. The van der Waals surface area contributed by atoms with Crippen LogP contribution in [0.4, 0.5) is 0 Å². The zero-order valence-electron chi connectivity index (χ0n) is 35.6. The number of carboxylic acids is 1. The van der Waals surface area contributed by atoms with Crippen molar-refractivity contribution in [3.05, 3.63) is 72.9 Å². The molecule has 2 unspecified atom stereocenters. The van der Waals surface area contributed by atoms with Crippen LogP contribution in [-0.4, -0.2) is 80.6 Å². The number of allylic oxidation sites excluding steroid dienone is 12. The topological polar surface area (TPSA) is 99.1 Å². The maximum atomic E-state index is 12.7. The number of carbonyl (C=O) groups is 3. The average Bonchev–Trinajstić information content (AvgIpc) is 3.14. The third-order valence-electron chi connectivity index (χ3n) is 9.10. The zero-order valence-corrected chi connectivity index (χ0v) is 35.6. The van der Waals surface area contributed by atoms with Crippen molar-refractivity contribution in [3.8, 4) is 0 Å². The molecule has 1 N–H and O–H groups in total. The third kappa shape index (κ3) is 36.2. The Morgan fingerprint density at radius 3 is 1.60 bits per heavy atom. The van der Waals surface area contributed by atoms with Crippen molar-refractivity contribution < 1.29 is 38.2 Å². The highest BCUT2D eigenvalue weighted by atomic mass is 16.6. The standard InChI is InChI=1S/C47H79NO7/c1-6-8-10-12-14-16-17-18-19-20-21-22-23-24-25-26-27-28-29-30-32-34-36-38-46(50)55-43(41-53-40-39-44(47(51)52)48(3,4)5)42-54-45(49)37-35-33-31-15-13-11-9-7-2/h8,10,14,16,18-19,21-22,24-25,31,33,43-44H,6-7,9,11-13,15,17,20,23,26-30,32,34-42H2,1-5H3/p+1/b10-8+,16-14+,19-18+,22-21+,25-24+,33-31+. The summed E-state index contributed by atoms with van der Waals surface area (Å²) in [6.45, 7) is 4.50. The molecular weight excluding hydrogens is 691 g/mol. The number of aliphatic carboxylic acids is 1. The maximum Gasteiger partial charge on any atom is 0.362 e. The molecule has 0 saturated heterocycles. The summed E-state index contributed by atoms with van der Waals surface area (Å²) in [5.41, 5.74) is 0. The van der Waals surface area contributed by atoms with Crippen molar-refractivity contribution in [2.45, 2.75) is 167 Å². The molecule has 0 aliphatic rings. The largest absolute Gasteiger partial charge is 0.477 e.